The number of rotatable bonds is 6. The molecule has 3 fully saturated rings. The van der Waals surface area contributed by atoms with Crippen LogP contribution in [0.4, 0.5) is 46.6 Å². The third-order valence-corrected chi connectivity index (χ3v) is 10.1. The predicted octanol–water partition coefficient (Wildman–Crippen LogP) is 5.42. The quantitative estimate of drug-likeness (QED) is 0.260. The van der Waals surface area contributed by atoms with Gasteiger partial charge in [-0.3, -0.25) is 4.90 Å². The summed E-state index contributed by atoms with van der Waals surface area (Å²) in [6, 6.07) is -1.02. The van der Waals surface area contributed by atoms with Crippen molar-refractivity contribution in [2.45, 2.75) is 82.0 Å². The Labute approximate surface area is 269 Å². The van der Waals surface area contributed by atoms with Crippen LogP contribution in [0, 0.1) is 18.6 Å². The first kappa shape index (κ1) is 32.8. The van der Waals surface area contributed by atoms with Crippen LogP contribution in [0.15, 0.2) is 6.07 Å². The molecule has 4 aliphatic heterocycles. The van der Waals surface area contributed by atoms with Gasteiger partial charge in [0.25, 0.3) is 6.43 Å². The van der Waals surface area contributed by atoms with Gasteiger partial charge < -0.3 is 25.4 Å². The number of ether oxygens (including phenoxy) is 2. The van der Waals surface area contributed by atoms with Crippen LogP contribution in [0.1, 0.15) is 43.7 Å². The molecule has 3 saturated heterocycles. The number of nitrogens with one attached hydrogen (secondary N) is 1. The zero-order valence-electron chi connectivity index (χ0n) is 26.0. The Balaban J connectivity index is 1.46. The SMILES string of the molecule is CC[C@@H]1CN2c3nc(OC[C@@]45CCCN4C[C@H](F)C5)nc4c(F)c(-c5cc(N)c(F)c(C)c5C(F)(F)F)nc(c34)OC(C(F)F)[C@@H]2CN1. The monoisotopic (exact) mass is 687 g/mol. The first-order valence-corrected chi connectivity index (χ1v) is 15.8. The van der Waals surface area contributed by atoms with Crippen molar-refractivity contribution in [1.29, 1.82) is 0 Å². The highest BCUT2D eigenvalue weighted by atomic mass is 19.4. The normalized spacial score (nSPS) is 27.3. The maximum absolute atomic E-state index is 16.7. The molecule has 1 unspecified atom stereocenters. The number of aromatic nitrogens is 3. The van der Waals surface area contributed by atoms with Gasteiger partial charge in [0.05, 0.1) is 22.8 Å². The number of halogens is 8. The molecular formula is C31H33F8N7O2. The highest BCUT2D eigenvalue weighted by Crippen LogP contribution is 2.47. The second kappa shape index (κ2) is 11.7. The van der Waals surface area contributed by atoms with Gasteiger partial charge in [-0.25, -0.2) is 26.9 Å². The number of anilines is 2. The first-order valence-electron chi connectivity index (χ1n) is 15.8. The van der Waals surface area contributed by atoms with Gasteiger partial charge in [-0.15, -0.1) is 0 Å². The summed E-state index contributed by atoms with van der Waals surface area (Å²) in [5, 5.41) is 2.96. The number of fused-ring (bicyclic) bond motifs is 3. The number of nitrogen functional groups attached to an aromatic ring is 1. The molecule has 6 heterocycles. The van der Waals surface area contributed by atoms with Crippen molar-refractivity contribution in [3.8, 4) is 23.1 Å². The van der Waals surface area contributed by atoms with Crippen LogP contribution >= 0.6 is 0 Å². The summed E-state index contributed by atoms with van der Waals surface area (Å²) in [4.78, 5) is 16.3. The molecule has 2 aromatic heterocycles. The second-order valence-electron chi connectivity index (χ2n) is 13.0. The standard InChI is InChI=1S/C31H33F8N7O2/c1-3-15-11-46-18(9-41-15)25(26(35)36)48-28-19-24(22(34)23(42-28)16-7-17(40)21(33)13(2)20(16)31(37,38)39)43-29(44-27(19)46)47-12-30-5-4-6-45(30)10-14(32)8-30/h7,14-15,18,25-26,41H,3-6,8-12,40H2,1-2H3/t14-,15-,18+,25?,30+/m1/s1. The van der Waals surface area contributed by atoms with Crippen LogP contribution in [0.5, 0.6) is 11.9 Å². The lowest BCUT2D eigenvalue weighted by Gasteiger charge is -2.42. The Morgan fingerprint density at radius 2 is 1.94 bits per heavy atom. The Morgan fingerprint density at radius 1 is 1.17 bits per heavy atom. The Bertz CT molecular complexity index is 1760. The van der Waals surface area contributed by atoms with Crippen molar-refractivity contribution in [2.24, 2.45) is 0 Å². The van der Waals surface area contributed by atoms with Gasteiger partial charge in [0.1, 0.15) is 41.0 Å². The number of benzene rings is 1. The molecule has 1 aromatic carbocycles. The molecule has 7 rings (SSSR count). The smallest absolute Gasteiger partial charge is 0.417 e. The summed E-state index contributed by atoms with van der Waals surface area (Å²) in [6.07, 6.45) is -8.98. The zero-order valence-corrected chi connectivity index (χ0v) is 26.0. The summed E-state index contributed by atoms with van der Waals surface area (Å²) in [7, 11) is 0. The van der Waals surface area contributed by atoms with E-state index in [9.17, 15) is 30.7 Å². The van der Waals surface area contributed by atoms with Crippen molar-refractivity contribution in [1.82, 2.24) is 25.2 Å². The summed E-state index contributed by atoms with van der Waals surface area (Å²) in [5.41, 5.74) is -0.628. The molecule has 4 aliphatic rings. The minimum absolute atomic E-state index is 0.0143. The molecule has 0 amide bonds. The molecule has 9 nitrogen and oxygen atoms in total. The number of nitrogens with two attached hydrogens (primary N) is 1. The van der Waals surface area contributed by atoms with E-state index in [1.54, 1.807) is 4.90 Å². The lowest BCUT2D eigenvalue weighted by atomic mass is 9.95. The largest absolute Gasteiger partial charge is 0.465 e. The first-order chi connectivity index (χ1) is 22.7. The van der Waals surface area contributed by atoms with E-state index in [0.717, 1.165) is 13.3 Å². The van der Waals surface area contributed by atoms with Crippen molar-refractivity contribution >= 4 is 22.4 Å². The van der Waals surface area contributed by atoms with E-state index >= 15 is 4.39 Å². The van der Waals surface area contributed by atoms with E-state index in [4.69, 9.17) is 15.2 Å². The number of hydrogen-bond donors (Lipinski definition) is 2. The predicted molar refractivity (Wildman–Crippen MR) is 159 cm³/mol. The van der Waals surface area contributed by atoms with Gasteiger partial charge >= 0.3 is 12.2 Å². The summed E-state index contributed by atoms with van der Waals surface area (Å²) < 4.78 is 130. The summed E-state index contributed by atoms with van der Waals surface area (Å²) >= 11 is 0. The van der Waals surface area contributed by atoms with Gasteiger partial charge in [-0.2, -0.15) is 23.1 Å². The van der Waals surface area contributed by atoms with Crippen molar-refractivity contribution in [3.05, 3.63) is 28.8 Å². The lowest BCUT2D eigenvalue weighted by molar-refractivity contribution is -0.137. The lowest BCUT2D eigenvalue weighted by Crippen LogP contribution is -2.62. The third kappa shape index (κ3) is 5.24. The number of hydrogen-bond acceptors (Lipinski definition) is 9. The van der Waals surface area contributed by atoms with Crippen LogP contribution in [-0.4, -0.2) is 89.0 Å². The van der Waals surface area contributed by atoms with Crippen LogP contribution in [-0.2, 0) is 6.18 Å². The fourth-order valence-electron chi connectivity index (χ4n) is 7.73. The molecule has 3 aromatic rings. The molecule has 48 heavy (non-hydrogen) atoms. The molecule has 0 spiro atoms. The van der Waals surface area contributed by atoms with Crippen LogP contribution in [0.2, 0.25) is 0 Å². The van der Waals surface area contributed by atoms with Crippen molar-refractivity contribution in [3.63, 3.8) is 0 Å². The topological polar surface area (TPSA) is 102 Å². The van der Waals surface area contributed by atoms with E-state index in [1.807, 2.05) is 11.8 Å². The highest BCUT2D eigenvalue weighted by molar-refractivity contribution is 5.97. The minimum Gasteiger partial charge on any atom is -0.465 e. The van der Waals surface area contributed by atoms with Crippen LogP contribution in [0.3, 0.4) is 0 Å². The van der Waals surface area contributed by atoms with Gasteiger partial charge in [-0.05, 0) is 44.4 Å². The van der Waals surface area contributed by atoms with Crippen molar-refractivity contribution in [2.75, 3.05) is 43.4 Å². The Kier molecular flexibility index (Phi) is 8.00. The van der Waals surface area contributed by atoms with E-state index < -0.39 is 87.6 Å². The van der Waals surface area contributed by atoms with E-state index in [0.29, 0.717) is 25.5 Å². The number of piperazine rings is 1. The summed E-state index contributed by atoms with van der Waals surface area (Å²) in [6.45, 7) is 3.73. The van der Waals surface area contributed by atoms with Gasteiger partial charge in [0.2, 0.25) is 5.88 Å². The molecule has 0 bridgehead atoms. The highest BCUT2D eigenvalue weighted by Gasteiger charge is 2.50. The molecule has 0 radical (unpaired) electrons. The second-order valence-corrected chi connectivity index (χ2v) is 13.0. The van der Waals surface area contributed by atoms with Crippen LogP contribution < -0.4 is 25.4 Å². The molecule has 3 N–H and O–H groups in total. The molecule has 0 saturated carbocycles. The van der Waals surface area contributed by atoms with Gasteiger partial charge in [0, 0.05) is 37.7 Å². The van der Waals surface area contributed by atoms with E-state index in [1.165, 1.54) is 0 Å². The van der Waals surface area contributed by atoms with Gasteiger partial charge in [0.15, 0.2) is 11.9 Å². The molecule has 260 valence electrons. The minimum atomic E-state index is -5.19. The van der Waals surface area contributed by atoms with E-state index in [2.05, 4.69) is 20.3 Å². The number of alkyl halides is 6. The third-order valence-electron chi connectivity index (χ3n) is 10.1. The molecular weight excluding hydrogens is 654 g/mol. The van der Waals surface area contributed by atoms with Crippen LogP contribution in [0.25, 0.3) is 22.2 Å². The Morgan fingerprint density at radius 3 is 2.65 bits per heavy atom. The molecule has 17 heteroatoms. The average molecular weight is 688 g/mol. The van der Waals surface area contributed by atoms with Gasteiger partial charge in [-0.1, -0.05) is 6.92 Å². The maximum Gasteiger partial charge on any atom is 0.417 e. The fourth-order valence-corrected chi connectivity index (χ4v) is 7.73. The number of nitrogens with zero attached hydrogens (tertiary/aromatic N) is 5. The molecule has 0 aliphatic carbocycles. The fraction of sp³-hybridized carbons (Fsp3) is 0.581. The average Bonchev–Trinajstić information content (AvgIpc) is 3.51. The maximum atomic E-state index is 16.7. The van der Waals surface area contributed by atoms with Crippen molar-refractivity contribution < 1.29 is 44.6 Å². The molecule has 5 atom stereocenters. The number of pyridine rings is 1. The summed E-state index contributed by atoms with van der Waals surface area (Å²) in [5.74, 6) is -3.39. The zero-order chi connectivity index (χ0) is 34.3. The Hall–Kier alpha value is -3.73. The van der Waals surface area contributed by atoms with E-state index in [-0.39, 0.29) is 55.9 Å².